The van der Waals surface area contributed by atoms with Crippen molar-refractivity contribution in [1.82, 2.24) is 0 Å². The van der Waals surface area contributed by atoms with Crippen molar-refractivity contribution in [2.75, 3.05) is 18.4 Å². The van der Waals surface area contributed by atoms with Gasteiger partial charge in [-0.1, -0.05) is 0 Å². The molecule has 2 aromatic carbocycles. The lowest BCUT2D eigenvalue weighted by Gasteiger charge is -2.10. The first-order valence-electron chi connectivity index (χ1n) is 8.03. The molecule has 0 aromatic heterocycles. The number of esters is 2. The smallest absolute Gasteiger partial charge is 0.347 e. The van der Waals surface area contributed by atoms with E-state index in [9.17, 15) is 18.0 Å². The number of carbonyl (C=O) groups is 2. The highest BCUT2D eigenvalue weighted by molar-refractivity contribution is 7.92. The van der Waals surface area contributed by atoms with Crippen LogP contribution in [0.15, 0.2) is 53.4 Å². The van der Waals surface area contributed by atoms with Gasteiger partial charge in [-0.15, -0.1) is 0 Å². The monoisotopic (exact) mass is 391 g/mol. The molecule has 1 aliphatic rings. The number of carbonyl (C=O) groups excluding carboxylic acids is 2. The number of benzene rings is 2. The average molecular weight is 391 g/mol. The average Bonchev–Trinajstić information content (AvgIpc) is 3.07. The zero-order chi connectivity index (χ0) is 19.4. The van der Waals surface area contributed by atoms with Crippen molar-refractivity contribution in [3.05, 3.63) is 54.1 Å². The molecule has 1 heterocycles. The van der Waals surface area contributed by atoms with Gasteiger partial charge in [-0.25, -0.2) is 18.0 Å². The Morgan fingerprint density at radius 3 is 2.33 bits per heavy atom. The number of nitrogens with one attached hydrogen (secondary N) is 1. The molecule has 1 N–H and O–H groups in total. The van der Waals surface area contributed by atoms with Crippen LogP contribution in [0.25, 0.3) is 0 Å². The van der Waals surface area contributed by atoms with E-state index < -0.39 is 28.1 Å². The highest BCUT2D eigenvalue weighted by Gasteiger charge is 2.30. The third-order valence-corrected chi connectivity index (χ3v) is 5.28. The summed E-state index contributed by atoms with van der Waals surface area (Å²) in [5, 5.41) is 0. The minimum atomic E-state index is -3.82. The Kier molecular flexibility index (Phi) is 5.31. The third kappa shape index (κ3) is 4.37. The van der Waals surface area contributed by atoms with Crippen molar-refractivity contribution in [2.24, 2.45) is 0 Å². The number of ether oxygens (including phenoxy) is 3. The first-order valence-corrected chi connectivity index (χ1v) is 9.52. The van der Waals surface area contributed by atoms with E-state index in [1.54, 1.807) is 24.3 Å². The summed E-state index contributed by atoms with van der Waals surface area (Å²) in [5.41, 5.74) is 0.511. The molecule has 0 unspecified atom stereocenters. The summed E-state index contributed by atoms with van der Waals surface area (Å²) in [5.74, 6) is -0.691. The van der Waals surface area contributed by atoms with Gasteiger partial charge in [0, 0.05) is 12.1 Å². The van der Waals surface area contributed by atoms with Gasteiger partial charge in [0.2, 0.25) is 6.10 Å². The Morgan fingerprint density at radius 2 is 1.78 bits per heavy atom. The summed E-state index contributed by atoms with van der Waals surface area (Å²) < 4.78 is 42.1. The van der Waals surface area contributed by atoms with E-state index in [4.69, 9.17) is 14.2 Å². The van der Waals surface area contributed by atoms with Crippen LogP contribution in [0.4, 0.5) is 5.69 Å². The van der Waals surface area contributed by atoms with Gasteiger partial charge in [0.1, 0.15) is 5.75 Å². The summed E-state index contributed by atoms with van der Waals surface area (Å²) in [7, 11) is -2.31. The van der Waals surface area contributed by atoms with Crippen molar-refractivity contribution >= 4 is 27.6 Å². The Balaban J connectivity index is 1.69. The van der Waals surface area contributed by atoms with Gasteiger partial charge in [-0.2, -0.15) is 0 Å². The lowest BCUT2D eigenvalue weighted by atomic mass is 10.2. The van der Waals surface area contributed by atoms with E-state index in [0.29, 0.717) is 17.9 Å². The van der Waals surface area contributed by atoms with E-state index in [1.807, 2.05) is 0 Å². The molecule has 3 rings (SSSR count). The van der Waals surface area contributed by atoms with Crippen molar-refractivity contribution in [1.29, 1.82) is 0 Å². The molecule has 0 radical (unpaired) electrons. The van der Waals surface area contributed by atoms with Crippen molar-refractivity contribution < 1.29 is 32.2 Å². The number of cyclic esters (lactones) is 1. The quantitative estimate of drug-likeness (QED) is 0.750. The Labute approximate surface area is 156 Å². The molecule has 0 amide bonds. The zero-order valence-corrected chi connectivity index (χ0v) is 15.2. The number of hydrogen-bond acceptors (Lipinski definition) is 7. The molecule has 0 bridgehead atoms. The molecule has 0 saturated carbocycles. The fourth-order valence-corrected chi connectivity index (χ4v) is 3.48. The van der Waals surface area contributed by atoms with Gasteiger partial charge in [-0.3, -0.25) is 4.72 Å². The number of hydrogen-bond donors (Lipinski definition) is 1. The largest absolute Gasteiger partial charge is 0.497 e. The van der Waals surface area contributed by atoms with Crippen LogP contribution in [0.1, 0.15) is 16.8 Å². The zero-order valence-electron chi connectivity index (χ0n) is 14.4. The van der Waals surface area contributed by atoms with Crippen molar-refractivity contribution in [3.8, 4) is 5.75 Å². The van der Waals surface area contributed by atoms with Crippen LogP contribution in [-0.2, 0) is 24.3 Å². The number of anilines is 1. The van der Waals surface area contributed by atoms with Gasteiger partial charge in [0.25, 0.3) is 10.0 Å². The maximum absolute atomic E-state index is 12.4. The molecule has 1 aliphatic heterocycles. The van der Waals surface area contributed by atoms with Crippen LogP contribution < -0.4 is 9.46 Å². The minimum Gasteiger partial charge on any atom is -0.497 e. The summed E-state index contributed by atoms with van der Waals surface area (Å²) in [4.78, 5) is 23.4. The SMILES string of the molecule is COc1ccc(NS(=O)(=O)c2ccc(C(=O)O[C@H]3CCOC3=O)cc2)cc1. The predicted molar refractivity (Wildman–Crippen MR) is 95.0 cm³/mol. The molecular weight excluding hydrogens is 374 g/mol. The first kappa shape index (κ1) is 18.7. The minimum absolute atomic E-state index is 0.0184. The van der Waals surface area contributed by atoms with E-state index >= 15 is 0 Å². The maximum Gasteiger partial charge on any atom is 0.347 e. The summed E-state index contributed by atoms with van der Waals surface area (Å²) in [6.07, 6.45) is -0.610. The van der Waals surface area contributed by atoms with Gasteiger partial charge >= 0.3 is 11.9 Å². The van der Waals surface area contributed by atoms with E-state index in [1.165, 1.54) is 31.4 Å². The molecule has 27 heavy (non-hydrogen) atoms. The van der Waals surface area contributed by atoms with Crippen LogP contribution >= 0.6 is 0 Å². The molecule has 0 spiro atoms. The fraction of sp³-hybridized carbons (Fsp3) is 0.222. The number of rotatable bonds is 6. The van der Waals surface area contributed by atoms with Crippen molar-refractivity contribution in [2.45, 2.75) is 17.4 Å². The number of methoxy groups -OCH3 is 1. The van der Waals surface area contributed by atoms with Gasteiger partial charge < -0.3 is 14.2 Å². The van der Waals surface area contributed by atoms with Gasteiger partial charge in [-0.05, 0) is 48.5 Å². The van der Waals surface area contributed by atoms with E-state index in [-0.39, 0.29) is 17.1 Å². The van der Waals surface area contributed by atoms with E-state index in [0.717, 1.165) is 0 Å². The van der Waals surface area contributed by atoms with Crippen molar-refractivity contribution in [3.63, 3.8) is 0 Å². The second-order valence-corrected chi connectivity index (χ2v) is 7.39. The second-order valence-electron chi connectivity index (χ2n) is 5.71. The maximum atomic E-state index is 12.4. The lowest BCUT2D eigenvalue weighted by Crippen LogP contribution is -2.22. The molecule has 9 heteroatoms. The molecule has 1 saturated heterocycles. The Morgan fingerprint density at radius 1 is 1.11 bits per heavy atom. The molecule has 8 nitrogen and oxygen atoms in total. The summed E-state index contributed by atoms with van der Waals surface area (Å²) >= 11 is 0. The van der Waals surface area contributed by atoms with Crippen LogP contribution in [0, 0.1) is 0 Å². The standard InChI is InChI=1S/C18H17NO7S/c1-24-14-6-4-13(5-7-14)19-27(22,23)15-8-2-12(3-9-15)17(20)26-16-10-11-25-18(16)21/h2-9,16,19H,10-11H2,1H3/t16-/m0/s1. The molecule has 142 valence electrons. The van der Waals surface area contributed by atoms with Crippen LogP contribution in [0.3, 0.4) is 0 Å². The molecular formula is C18H17NO7S. The lowest BCUT2D eigenvalue weighted by molar-refractivity contribution is -0.145. The molecule has 0 aliphatic carbocycles. The van der Waals surface area contributed by atoms with Crippen LogP contribution in [0.5, 0.6) is 5.75 Å². The molecule has 1 atom stereocenters. The topological polar surface area (TPSA) is 108 Å². The Hall–Kier alpha value is -3.07. The van der Waals surface area contributed by atoms with Crippen LogP contribution in [-0.4, -0.2) is 40.2 Å². The summed E-state index contributed by atoms with van der Waals surface area (Å²) in [6, 6.07) is 11.6. The second kappa shape index (κ2) is 7.67. The third-order valence-electron chi connectivity index (χ3n) is 3.88. The normalized spacial score (nSPS) is 16.5. The molecule has 2 aromatic rings. The fourth-order valence-electron chi connectivity index (χ4n) is 2.42. The van der Waals surface area contributed by atoms with Crippen LogP contribution in [0.2, 0.25) is 0 Å². The van der Waals surface area contributed by atoms with Gasteiger partial charge in [0.05, 0.1) is 24.2 Å². The Bertz CT molecular complexity index is 937. The highest BCUT2D eigenvalue weighted by atomic mass is 32.2. The van der Waals surface area contributed by atoms with E-state index in [2.05, 4.69) is 4.72 Å². The summed E-state index contributed by atoms with van der Waals surface area (Å²) in [6.45, 7) is 0.213. The highest BCUT2D eigenvalue weighted by Crippen LogP contribution is 2.20. The first-order chi connectivity index (χ1) is 12.9. The predicted octanol–water partition coefficient (Wildman–Crippen LogP) is 1.97. The van der Waals surface area contributed by atoms with Gasteiger partial charge in [0.15, 0.2) is 0 Å². The number of sulfonamides is 1. The molecule has 1 fully saturated rings.